The number of nitrogens with zero attached hydrogens (tertiary/aromatic N) is 2. The maximum atomic E-state index is 13.3. The Labute approximate surface area is 189 Å². The van der Waals surface area contributed by atoms with Gasteiger partial charge >= 0.3 is 5.97 Å². The standard InChI is InChI=1S/C22H20Cl2N2O3S/c1-3-14(2)12-29-21(28)19-13-30-22(25-19)26(16-10-8-15(23)9-11-16)20(27)17-6-4-5-7-18(17)24/h4-11,13-14H,3,12H2,1-2H3. The number of amides is 1. The molecule has 1 aromatic heterocycles. The summed E-state index contributed by atoms with van der Waals surface area (Å²) in [4.78, 5) is 31.5. The molecule has 2 aromatic carbocycles. The van der Waals surface area contributed by atoms with Gasteiger partial charge in [-0.1, -0.05) is 55.6 Å². The Hall–Kier alpha value is -2.41. The fourth-order valence-corrected chi connectivity index (χ4v) is 3.68. The molecule has 3 rings (SSSR count). The monoisotopic (exact) mass is 462 g/mol. The first-order valence-electron chi connectivity index (χ1n) is 9.38. The van der Waals surface area contributed by atoms with Gasteiger partial charge in [0.05, 0.1) is 22.9 Å². The van der Waals surface area contributed by atoms with Crippen molar-refractivity contribution in [2.24, 2.45) is 5.92 Å². The molecule has 0 fully saturated rings. The maximum Gasteiger partial charge on any atom is 0.357 e. The first-order chi connectivity index (χ1) is 14.4. The number of anilines is 2. The van der Waals surface area contributed by atoms with Crippen molar-refractivity contribution < 1.29 is 14.3 Å². The number of hydrogen-bond acceptors (Lipinski definition) is 5. The van der Waals surface area contributed by atoms with E-state index in [1.54, 1.807) is 53.9 Å². The van der Waals surface area contributed by atoms with Crippen molar-refractivity contribution in [2.45, 2.75) is 20.3 Å². The quantitative estimate of drug-likeness (QED) is 0.369. The lowest BCUT2D eigenvalue weighted by Crippen LogP contribution is -2.26. The summed E-state index contributed by atoms with van der Waals surface area (Å²) < 4.78 is 5.32. The third kappa shape index (κ3) is 5.19. The minimum Gasteiger partial charge on any atom is -0.461 e. The first kappa shape index (κ1) is 22.3. The van der Waals surface area contributed by atoms with Crippen LogP contribution in [0.5, 0.6) is 0 Å². The molecule has 8 heteroatoms. The fourth-order valence-electron chi connectivity index (χ4n) is 2.53. The van der Waals surface area contributed by atoms with Crippen LogP contribution in [0.1, 0.15) is 41.1 Å². The number of carbonyl (C=O) groups is 2. The van der Waals surface area contributed by atoms with Crippen molar-refractivity contribution in [3.05, 3.63) is 75.2 Å². The minimum atomic E-state index is -0.515. The summed E-state index contributed by atoms with van der Waals surface area (Å²) in [5.74, 6) is -0.615. The summed E-state index contributed by atoms with van der Waals surface area (Å²) in [6.07, 6.45) is 0.909. The smallest absolute Gasteiger partial charge is 0.357 e. The second kappa shape index (κ2) is 10.1. The Morgan fingerprint density at radius 1 is 1.13 bits per heavy atom. The van der Waals surface area contributed by atoms with Gasteiger partial charge in [-0.15, -0.1) is 11.3 Å². The van der Waals surface area contributed by atoms with E-state index < -0.39 is 5.97 Å². The fraction of sp³-hybridized carbons (Fsp3) is 0.227. The van der Waals surface area contributed by atoms with Gasteiger partial charge in [-0.2, -0.15) is 0 Å². The number of rotatable bonds is 7. The van der Waals surface area contributed by atoms with Gasteiger partial charge in [0, 0.05) is 10.4 Å². The predicted octanol–water partition coefficient (Wildman–Crippen LogP) is 6.63. The molecule has 1 unspecified atom stereocenters. The van der Waals surface area contributed by atoms with Crippen LogP contribution >= 0.6 is 34.5 Å². The van der Waals surface area contributed by atoms with Crippen LogP contribution in [0.15, 0.2) is 53.9 Å². The molecule has 1 amide bonds. The van der Waals surface area contributed by atoms with Gasteiger partial charge in [0.15, 0.2) is 10.8 Å². The second-order valence-electron chi connectivity index (χ2n) is 6.72. The van der Waals surface area contributed by atoms with Gasteiger partial charge in [0.2, 0.25) is 0 Å². The zero-order valence-electron chi connectivity index (χ0n) is 16.5. The Balaban J connectivity index is 1.94. The third-order valence-electron chi connectivity index (χ3n) is 4.48. The van der Waals surface area contributed by atoms with Gasteiger partial charge in [-0.25, -0.2) is 9.78 Å². The van der Waals surface area contributed by atoms with E-state index in [1.807, 2.05) is 13.8 Å². The number of halogens is 2. The topological polar surface area (TPSA) is 59.5 Å². The molecule has 0 aliphatic rings. The van der Waals surface area contributed by atoms with Gasteiger partial charge in [0.1, 0.15) is 0 Å². The summed E-state index contributed by atoms with van der Waals surface area (Å²) >= 11 is 13.4. The van der Waals surface area contributed by atoms with Crippen LogP contribution in [-0.2, 0) is 4.74 Å². The molecule has 0 saturated carbocycles. The lowest BCUT2D eigenvalue weighted by molar-refractivity contribution is 0.0441. The number of thiazole rings is 1. The molecule has 0 bridgehead atoms. The van der Waals surface area contributed by atoms with E-state index in [9.17, 15) is 9.59 Å². The zero-order chi connectivity index (χ0) is 21.7. The minimum absolute atomic E-state index is 0.157. The SMILES string of the molecule is CCC(C)COC(=O)c1csc(N(C(=O)c2ccccc2Cl)c2ccc(Cl)cc2)n1. The Morgan fingerprint density at radius 2 is 1.83 bits per heavy atom. The van der Waals surface area contributed by atoms with Crippen molar-refractivity contribution in [2.75, 3.05) is 11.5 Å². The molecule has 0 saturated heterocycles. The van der Waals surface area contributed by atoms with Gasteiger partial charge in [-0.05, 0) is 42.3 Å². The molecular weight excluding hydrogens is 443 g/mol. The molecule has 3 aromatic rings. The van der Waals surface area contributed by atoms with Crippen LogP contribution in [-0.4, -0.2) is 23.5 Å². The van der Waals surface area contributed by atoms with Crippen molar-refractivity contribution in [1.82, 2.24) is 4.98 Å². The first-order valence-corrected chi connectivity index (χ1v) is 11.0. The molecule has 0 aliphatic heterocycles. The number of ether oxygens (including phenoxy) is 1. The molecule has 1 atom stereocenters. The third-order valence-corrected chi connectivity index (χ3v) is 5.89. The van der Waals surface area contributed by atoms with Crippen molar-refractivity contribution >= 4 is 57.2 Å². The van der Waals surface area contributed by atoms with Gasteiger partial charge in [-0.3, -0.25) is 9.69 Å². The lowest BCUT2D eigenvalue weighted by atomic mass is 10.1. The van der Waals surface area contributed by atoms with Crippen molar-refractivity contribution in [3.8, 4) is 0 Å². The molecule has 0 spiro atoms. The maximum absolute atomic E-state index is 13.3. The molecule has 0 radical (unpaired) electrons. The van der Waals surface area contributed by atoms with Crippen LogP contribution in [0, 0.1) is 5.92 Å². The van der Waals surface area contributed by atoms with Crippen LogP contribution < -0.4 is 4.90 Å². The van der Waals surface area contributed by atoms with E-state index >= 15 is 0 Å². The van der Waals surface area contributed by atoms with Crippen molar-refractivity contribution in [1.29, 1.82) is 0 Å². The Kier molecular flexibility index (Phi) is 7.48. The van der Waals surface area contributed by atoms with E-state index in [2.05, 4.69) is 4.98 Å². The average Bonchev–Trinajstić information content (AvgIpc) is 3.23. The number of carbonyl (C=O) groups excluding carboxylic acids is 2. The Bertz CT molecular complexity index is 1040. The second-order valence-corrected chi connectivity index (χ2v) is 8.40. The van der Waals surface area contributed by atoms with Gasteiger partial charge in [0.25, 0.3) is 5.91 Å². The molecule has 156 valence electrons. The summed E-state index contributed by atoms with van der Waals surface area (Å²) in [5.41, 5.74) is 1.03. The van der Waals surface area contributed by atoms with Crippen LogP contribution in [0.2, 0.25) is 10.0 Å². The average molecular weight is 463 g/mol. The summed E-state index contributed by atoms with van der Waals surface area (Å²) in [6, 6.07) is 13.5. The van der Waals surface area contributed by atoms with Crippen LogP contribution in [0.25, 0.3) is 0 Å². The number of hydrogen-bond donors (Lipinski definition) is 0. The Morgan fingerprint density at radius 3 is 2.50 bits per heavy atom. The van der Waals surface area contributed by atoms with E-state index in [1.165, 1.54) is 16.2 Å². The summed E-state index contributed by atoms with van der Waals surface area (Å²) in [6.45, 7) is 4.36. The molecule has 30 heavy (non-hydrogen) atoms. The van der Waals surface area contributed by atoms with E-state index in [0.29, 0.717) is 33.0 Å². The van der Waals surface area contributed by atoms with Crippen molar-refractivity contribution in [3.63, 3.8) is 0 Å². The summed E-state index contributed by atoms with van der Waals surface area (Å²) in [7, 11) is 0. The molecule has 0 N–H and O–H groups in total. The molecular formula is C22H20Cl2N2O3S. The highest BCUT2D eigenvalue weighted by Gasteiger charge is 2.26. The van der Waals surface area contributed by atoms with Gasteiger partial charge < -0.3 is 4.74 Å². The van der Waals surface area contributed by atoms with Crippen LogP contribution in [0.4, 0.5) is 10.8 Å². The largest absolute Gasteiger partial charge is 0.461 e. The highest BCUT2D eigenvalue weighted by molar-refractivity contribution is 7.14. The number of aromatic nitrogens is 1. The van der Waals surface area contributed by atoms with E-state index in [0.717, 1.165) is 6.42 Å². The molecule has 1 heterocycles. The van der Waals surface area contributed by atoms with E-state index in [-0.39, 0.29) is 17.5 Å². The lowest BCUT2D eigenvalue weighted by Gasteiger charge is -2.20. The summed E-state index contributed by atoms with van der Waals surface area (Å²) in [5, 5.41) is 2.78. The van der Waals surface area contributed by atoms with Crippen LogP contribution in [0.3, 0.4) is 0 Å². The number of benzene rings is 2. The normalized spacial score (nSPS) is 11.7. The predicted molar refractivity (Wildman–Crippen MR) is 121 cm³/mol. The highest BCUT2D eigenvalue weighted by Crippen LogP contribution is 2.32. The molecule has 0 aliphatic carbocycles. The molecule has 5 nitrogen and oxygen atoms in total. The highest BCUT2D eigenvalue weighted by atomic mass is 35.5. The van der Waals surface area contributed by atoms with E-state index in [4.69, 9.17) is 27.9 Å². The zero-order valence-corrected chi connectivity index (χ0v) is 18.8. The number of esters is 1.